The first-order valence-corrected chi connectivity index (χ1v) is 11.4. The van der Waals surface area contributed by atoms with Gasteiger partial charge in [0.2, 0.25) is 11.8 Å². The Balaban J connectivity index is 1.41. The van der Waals surface area contributed by atoms with Crippen LogP contribution in [0.5, 0.6) is 0 Å². The molecule has 0 radical (unpaired) electrons. The number of rotatable bonds is 5. The van der Waals surface area contributed by atoms with Gasteiger partial charge in [0.25, 0.3) is 0 Å². The quantitative estimate of drug-likeness (QED) is 0.666. The number of amides is 2. The van der Waals surface area contributed by atoms with Gasteiger partial charge in [0.05, 0.1) is 5.92 Å². The van der Waals surface area contributed by atoms with E-state index < -0.39 is 0 Å². The Morgan fingerprint density at radius 2 is 1.77 bits per heavy atom. The average Bonchev–Trinajstić information content (AvgIpc) is 2.76. The maximum atomic E-state index is 13.6. The van der Waals surface area contributed by atoms with Crippen LogP contribution in [-0.4, -0.2) is 61.0 Å². The lowest BCUT2D eigenvalue weighted by Gasteiger charge is -2.54. The van der Waals surface area contributed by atoms with E-state index in [0.29, 0.717) is 10.9 Å². The molecule has 0 N–H and O–H groups in total. The highest BCUT2D eigenvalue weighted by Gasteiger charge is 2.47. The molecule has 0 saturated carbocycles. The van der Waals surface area contributed by atoms with Crippen molar-refractivity contribution in [1.29, 1.82) is 0 Å². The lowest BCUT2D eigenvalue weighted by molar-refractivity contribution is -0.147. The van der Waals surface area contributed by atoms with Crippen molar-refractivity contribution < 1.29 is 14.3 Å². The summed E-state index contributed by atoms with van der Waals surface area (Å²) in [5, 5.41) is 0.694. The number of likely N-dealkylation sites (tertiary alicyclic amines) is 2. The van der Waals surface area contributed by atoms with Crippen LogP contribution in [0, 0.1) is 11.3 Å². The summed E-state index contributed by atoms with van der Waals surface area (Å²) in [7, 11) is 0. The molecule has 1 atom stereocenters. The van der Waals surface area contributed by atoms with Gasteiger partial charge in [-0.2, -0.15) is 0 Å². The Labute approximate surface area is 184 Å². The number of ether oxygens (including phenoxy) is 1. The van der Waals surface area contributed by atoms with Gasteiger partial charge < -0.3 is 14.5 Å². The van der Waals surface area contributed by atoms with Gasteiger partial charge in [0.15, 0.2) is 0 Å². The van der Waals surface area contributed by atoms with Crippen LogP contribution in [0.15, 0.2) is 36.9 Å². The Morgan fingerprint density at radius 3 is 2.37 bits per heavy atom. The summed E-state index contributed by atoms with van der Waals surface area (Å²) in [6.45, 7) is 8.28. The Morgan fingerprint density at radius 1 is 1.13 bits per heavy atom. The summed E-state index contributed by atoms with van der Waals surface area (Å²) in [5.74, 6) is 0.639. The molecular weight excluding hydrogens is 400 g/mol. The van der Waals surface area contributed by atoms with Crippen LogP contribution < -0.4 is 0 Å². The zero-order valence-corrected chi connectivity index (χ0v) is 18.3. The third kappa shape index (κ3) is 4.57. The standard InChI is InChI=1S/C24H31ClN2O3/c1-2-22(28)27-16-24(17-27)9-11-26(12-10-24)23(29)21(15-18-7-13-30-14-8-18)19-3-5-20(25)6-4-19/h2-6,18,21H,1,7-17H2/t21-/m0/s1. The Hall–Kier alpha value is -1.85. The van der Waals surface area contributed by atoms with Crippen molar-refractivity contribution in [1.82, 2.24) is 9.80 Å². The van der Waals surface area contributed by atoms with E-state index in [2.05, 4.69) is 6.58 Å². The molecule has 0 bridgehead atoms. The third-order valence-electron chi connectivity index (χ3n) is 7.15. The van der Waals surface area contributed by atoms with E-state index in [1.807, 2.05) is 34.1 Å². The van der Waals surface area contributed by atoms with Crippen molar-refractivity contribution in [3.8, 4) is 0 Å². The molecule has 1 aromatic rings. The van der Waals surface area contributed by atoms with Crippen molar-refractivity contribution in [3.63, 3.8) is 0 Å². The predicted octanol–water partition coefficient (Wildman–Crippen LogP) is 3.88. The SMILES string of the molecule is C=CC(=O)N1CC2(CCN(C(=O)[C@@H](CC3CCOCC3)c3ccc(Cl)cc3)CC2)C1. The summed E-state index contributed by atoms with van der Waals surface area (Å²) in [4.78, 5) is 29.3. The van der Waals surface area contributed by atoms with Gasteiger partial charge in [-0.15, -0.1) is 0 Å². The molecule has 0 unspecified atom stereocenters. The molecule has 5 nitrogen and oxygen atoms in total. The van der Waals surface area contributed by atoms with Gasteiger partial charge >= 0.3 is 0 Å². The topological polar surface area (TPSA) is 49.9 Å². The fourth-order valence-electron chi connectivity index (χ4n) is 5.18. The number of halogens is 1. The maximum Gasteiger partial charge on any atom is 0.245 e. The van der Waals surface area contributed by atoms with Crippen molar-refractivity contribution >= 4 is 23.4 Å². The highest BCUT2D eigenvalue weighted by Crippen LogP contribution is 2.41. The molecule has 3 saturated heterocycles. The largest absolute Gasteiger partial charge is 0.381 e. The molecule has 3 aliphatic rings. The molecule has 30 heavy (non-hydrogen) atoms. The minimum Gasteiger partial charge on any atom is -0.381 e. The predicted molar refractivity (Wildman–Crippen MR) is 117 cm³/mol. The molecule has 162 valence electrons. The van der Waals surface area contributed by atoms with Gasteiger partial charge in [-0.25, -0.2) is 0 Å². The van der Waals surface area contributed by atoms with Crippen LogP contribution in [0.1, 0.15) is 43.6 Å². The Bertz CT molecular complexity index is 772. The molecule has 3 aliphatic heterocycles. The van der Waals surface area contributed by atoms with Gasteiger partial charge in [0, 0.05) is 49.8 Å². The molecule has 0 aromatic heterocycles. The summed E-state index contributed by atoms with van der Waals surface area (Å²) < 4.78 is 5.51. The van der Waals surface area contributed by atoms with E-state index in [1.54, 1.807) is 0 Å². The number of hydrogen-bond donors (Lipinski definition) is 0. The zero-order chi connectivity index (χ0) is 21.1. The first-order chi connectivity index (χ1) is 14.5. The van der Waals surface area contributed by atoms with Gasteiger partial charge in [0.1, 0.15) is 0 Å². The summed E-state index contributed by atoms with van der Waals surface area (Å²) >= 11 is 6.09. The van der Waals surface area contributed by atoms with Crippen LogP contribution >= 0.6 is 11.6 Å². The summed E-state index contributed by atoms with van der Waals surface area (Å²) in [6.07, 6.45) is 6.22. The van der Waals surface area contributed by atoms with Crippen LogP contribution in [-0.2, 0) is 14.3 Å². The lowest BCUT2D eigenvalue weighted by Crippen LogP contribution is -2.62. The molecule has 6 heteroatoms. The summed E-state index contributed by atoms with van der Waals surface area (Å²) in [6, 6.07) is 7.76. The van der Waals surface area contributed by atoms with Crippen molar-refractivity contribution in [3.05, 3.63) is 47.5 Å². The van der Waals surface area contributed by atoms with Crippen LogP contribution in [0.2, 0.25) is 5.02 Å². The second-order valence-corrected chi connectivity index (χ2v) is 9.56. The van der Waals surface area contributed by atoms with Crippen LogP contribution in [0.25, 0.3) is 0 Å². The highest BCUT2D eigenvalue weighted by atomic mass is 35.5. The number of nitrogens with zero attached hydrogens (tertiary/aromatic N) is 2. The van der Waals surface area contributed by atoms with Gasteiger partial charge in [-0.1, -0.05) is 30.3 Å². The second kappa shape index (κ2) is 9.11. The fraction of sp³-hybridized carbons (Fsp3) is 0.583. The van der Waals surface area contributed by atoms with Crippen molar-refractivity contribution in [2.24, 2.45) is 11.3 Å². The number of hydrogen-bond acceptors (Lipinski definition) is 3. The average molecular weight is 431 g/mol. The monoisotopic (exact) mass is 430 g/mol. The molecule has 3 fully saturated rings. The van der Waals surface area contributed by atoms with Crippen LogP contribution in [0.4, 0.5) is 0 Å². The van der Waals surface area contributed by atoms with Crippen molar-refractivity contribution in [2.75, 3.05) is 39.4 Å². The minimum absolute atomic E-state index is 0.0124. The molecule has 0 aliphatic carbocycles. The lowest BCUT2D eigenvalue weighted by atomic mass is 9.71. The first-order valence-electron chi connectivity index (χ1n) is 11.0. The van der Waals surface area contributed by atoms with E-state index >= 15 is 0 Å². The number of carbonyl (C=O) groups excluding carboxylic acids is 2. The van der Waals surface area contributed by atoms with E-state index in [0.717, 1.165) is 77.1 Å². The van der Waals surface area contributed by atoms with E-state index in [1.165, 1.54) is 6.08 Å². The highest BCUT2D eigenvalue weighted by molar-refractivity contribution is 6.30. The molecule has 4 rings (SSSR count). The summed E-state index contributed by atoms with van der Waals surface area (Å²) in [5.41, 5.74) is 1.24. The third-order valence-corrected chi connectivity index (χ3v) is 7.41. The second-order valence-electron chi connectivity index (χ2n) is 9.12. The maximum absolute atomic E-state index is 13.6. The Kier molecular flexibility index (Phi) is 6.49. The van der Waals surface area contributed by atoms with Gasteiger partial charge in [-0.3, -0.25) is 9.59 Å². The van der Waals surface area contributed by atoms with E-state index in [9.17, 15) is 9.59 Å². The number of piperidine rings is 1. The van der Waals surface area contributed by atoms with E-state index in [4.69, 9.17) is 16.3 Å². The molecule has 1 aromatic carbocycles. The molecule has 1 spiro atoms. The van der Waals surface area contributed by atoms with Crippen molar-refractivity contribution in [2.45, 2.75) is 38.0 Å². The minimum atomic E-state index is -0.125. The van der Waals surface area contributed by atoms with Gasteiger partial charge in [-0.05, 0) is 61.8 Å². The normalized spacial score (nSPS) is 22.4. The molecular formula is C24H31ClN2O3. The smallest absolute Gasteiger partial charge is 0.245 e. The fourth-order valence-corrected chi connectivity index (χ4v) is 5.30. The number of benzene rings is 1. The first kappa shape index (κ1) is 21.4. The molecule has 2 amide bonds. The van der Waals surface area contributed by atoms with Crippen LogP contribution in [0.3, 0.4) is 0 Å². The zero-order valence-electron chi connectivity index (χ0n) is 17.5. The number of carbonyl (C=O) groups is 2. The van der Waals surface area contributed by atoms with E-state index in [-0.39, 0.29) is 23.1 Å². The molecule has 3 heterocycles.